The lowest BCUT2D eigenvalue weighted by Crippen LogP contribution is -2.34. The number of nitrogens with zero attached hydrogens (tertiary/aromatic N) is 3. The van der Waals surface area contributed by atoms with Crippen LogP contribution in [0.2, 0.25) is 5.02 Å². The third-order valence-corrected chi connectivity index (χ3v) is 4.92. The first-order valence-electron chi connectivity index (χ1n) is 9.23. The van der Waals surface area contributed by atoms with Crippen LogP contribution >= 0.6 is 11.6 Å². The number of aromatic nitrogens is 2. The molecular formula is C20H20ClN5O4. The predicted octanol–water partition coefficient (Wildman–Crippen LogP) is 3.25. The molecule has 0 aliphatic rings. The summed E-state index contributed by atoms with van der Waals surface area (Å²) >= 11 is 5.99. The average molecular weight is 430 g/mol. The largest absolute Gasteiger partial charge is 0.324 e. The van der Waals surface area contributed by atoms with E-state index in [4.69, 9.17) is 11.6 Å². The van der Waals surface area contributed by atoms with Gasteiger partial charge in [0.05, 0.1) is 40.2 Å². The fraction of sp³-hybridized carbons (Fsp3) is 0.250. The number of amides is 1. The Bertz CT molecular complexity index is 1180. The summed E-state index contributed by atoms with van der Waals surface area (Å²) in [4.78, 5) is 44.3. The molecule has 0 saturated carbocycles. The van der Waals surface area contributed by atoms with Crippen molar-refractivity contribution in [1.29, 1.82) is 0 Å². The van der Waals surface area contributed by atoms with E-state index in [1.807, 2.05) is 6.92 Å². The number of halogens is 1. The van der Waals surface area contributed by atoms with Gasteiger partial charge < -0.3 is 10.3 Å². The number of aromatic amines is 1. The normalized spacial score (nSPS) is 11.1. The van der Waals surface area contributed by atoms with Crippen molar-refractivity contribution in [2.75, 3.05) is 18.4 Å². The number of benzene rings is 2. The maximum absolute atomic E-state index is 12.5. The molecule has 9 nitrogen and oxygen atoms in total. The van der Waals surface area contributed by atoms with Crippen molar-refractivity contribution >= 4 is 39.8 Å². The van der Waals surface area contributed by atoms with Gasteiger partial charge in [0, 0.05) is 11.1 Å². The van der Waals surface area contributed by atoms with Crippen LogP contribution in [0.5, 0.6) is 0 Å². The zero-order valence-corrected chi connectivity index (χ0v) is 17.2. The Balaban J connectivity index is 1.74. The molecule has 3 aromatic rings. The van der Waals surface area contributed by atoms with E-state index in [-0.39, 0.29) is 30.2 Å². The fourth-order valence-electron chi connectivity index (χ4n) is 3.08. The number of hydrogen-bond donors (Lipinski definition) is 2. The number of H-pyrrole nitrogens is 1. The summed E-state index contributed by atoms with van der Waals surface area (Å²) in [5.74, 6) is 0.0857. The minimum absolute atomic E-state index is 0.0237. The van der Waals surface area contributed by atoms with Crippen molar-refractivity contribution in [3.8, 4) is 0 Å². The lowest BCUT2D eigenvalue weighted by molar-refractivity contribution is -0.385. The Morgan fingerprint density at radius 1 is 1.33 bits per heavy atom. The van der Waals surface area contributed by atoms with Gasteiger partial charge in [0.15, 0.2) is 0 Å². The summed E-state index contributed by atoms with van der Waals surface area (Å²) in [6.07, 6.45) is 0. The lowest BCUT2D eigenvalue weighted by atomic mass is 10.1. The molecule has 3 rings (SSSR count). The Morgan fingerprint density at radius 3 is 2.80 bits per heavy atom. The van der Waals surface area contributed by atoms with Crippen LogP contribution in [0.3, 0.4) is 0 Å². The van der Waals surface area contributed by atoms with Crippen LogP contribution in [-0.2, 0) is 11.3 Å². The molecule has 0 spiro atoms. The molecule has 2 N–H and O–H groups in total. The van der Waals surface area contributed by atoms with Gasteiger partial charge in [0.2, 0.25) is 5.91 Å². The number of hydrogen-bond acceptors (Lipinski definition) is 6. The molecule has 0 unspecified atom stereocenters. The highest BCUT2D eigenvalue weighted by molar-refractivity contribution is 6.31. The molecule has 1 aromatic heterocycles. The highest BCUT2D eigenvalue weighted by Gasteiger charge is 2.17. The summed E-state index contributed by atoms with van der Waals surface area (Å²) in [5.41, 5.74) is 0.915. The number of nitro benzene ring substituents is 1. The van der Waals surface area contributed by atoms with E-state index in [2.05, 4.69) is 15.3 Å². The number of anilines is 1. The Morgan fingerprint density at radius 2 is 2.10 bits per heavy atom. The number of rotatable bonds is 7. The number of carbonyl (C=O) groups excluding carboxylic acids is 1. The van der Waals surface area contributed by atoms with Crippen molar-refractivity contribution in [2.45, 2.75) is 20.4 Å². The van der Waals surface area contributed by atoms with Gasteiger partial charge >= 0.3 is 0 Å². The molecule has 0 aliphatic carbocycles. The van der Waals surface area contributed by atoms with E-state index in [1.165, 1.54) is 12.1 Å². The third kappa shape index (κ3) is 4.81. The van der Waals surface area contributed by atoms with Crippen LogP contribution in [0.4, 0.5) is 11.4 Å². The summed E-state index contributed by atoms with van der Waals surface area (Å²) in [6.45, 7) is 4.26. The second kappa shape index (κ2) is 9.02. The van der Waals surface area contributed by atoms with E-state index < -0.39 is 4.92 Å². The molecule has 0 saturated heterocycles. The summed E-state index contributed by atoms with van der Waals surface area (Å²) in [5, 5.41) is 14.7. The van der Waals surface area contributed by atoms with Crippen molar-refractivity contribution in [3.05, 3.63) is 73.3 Å². The van der Waals surface area contributed by atoms with Gasteiger partial charge in [-0.3, -0.25) is 24.6 Å². The number of carbonyl (C=O) groups is 1. The van der Waals surface area contributed by atoms with Gasteiger partial charge in [-0.05, 0) is 37.7 Å². The molecule has 156 valence electrons. The molecule has 0 radical (unpaired) electrons. The minimum Gasteiger partial charge on any atom is -0.324 e. The zero-order chi connectivity index (χ0) is 21.8. The van der Waals surface area contributed by atoms with Gasteiger partial charge in [-0.2, -0.15) is 0 Å². The minimum atomic E-state index is -0.489. The number of nitro groups is 1. The monoisotopic (exact) mass is 429 g/mol. The molecule has 1 amide bonds. The molecular weight excluding hydrogens is 410 g/mol. The average Bonchev–Trinajstić information content (AvgIpc) is 2.68. The maximum Gasteiger partial charge on any atom is 0.274 e. The molecule has 30 heavy (non-hydrogen) atoms. The smallest absolute Gasteiger partial charge is 0.274 e. The summed E-state index contributed by atoms with van der Waals surface area (Å²) in [6, 6.07) is 9.37. The first-order chi connectivity index (χ1) is 14.3. The molecule has 1 heterocycles. The van der Waals surface area contributed by atoms with E-state index in [9.17, 15) is 19.7 Å². The fourth-order valence-corrected chi connectivity index (χ4v) is 3.24. The quantitative estimate of drug-likeness (QED) is 0.439. The third-order valence-electron chi connectivity index (χ3n) is 4.68. The molecule has 0 atom stereocenters. The topological polar surface area (TPSA) is 121 Å². The van der Waals surface area contributed by atoms with Gasteiger partial charge in [-0.1, -0.05) is 24.6 Å². The SMILES string of the molecule is CCN(CC(=O)Nc1cccc([N+](=O)[O-])c1C)Cc1nc2cc(Cl)ccc2c(=O)[nH]1. The molecule has 0 fully saturated rings. The van der Waals surface area contributed by atoms with Crippen LogP contribution in [0, 0.1) is 17.0 Å². The zero-order valence-electron chi connectivity index (χ0n) is 16.4. The van der Waals surface area contributed by atoms with Crippen molar-refractivity contribution in [1.82, 2.24) is 14.9 Å². The maximum atomic E-state index is 12.5. The van der Waals surface area contributed by atoms with Gasteiger partial charge in [0.25, 0.3) is 11.2 Å². The van der Waals surface area contributed by atoms with Gasteiger partial charge in [-0.15, -0.1) is 0 Å². The van der Waals surface area contributed by atoms with E-state index in [0.717, 1.165) is 0 Å². The molecule has 2 aromatic carbocycles. The van der Waals surface area contributed by atoms with E-state index >= 15 is 0 Å². The standard InChI is InChI=1S/C20H20ClN5O4/c1-3-25(10-18-22-16-9-13(21)7-8-14(16)20(28)24-18)11-19(27)23-15-5-4-6-17(12(15)2)26(29)30/h4-9H,3,10-11H2,1-2H3,(H,23,27)(H,22,24,28). The van der Waals surface area contributed by atoms with Crippen LogP contribution in [0.25, 0.3) is 10.9 Å². The predicted molar refractivity (Wildman–Crippen MR) is 115 cm³/mol. The Kier molecular flexibility index (Phi) is 6.43. The van der Waals surface area contributed by atoms with Gasteiger partial charge in [-0.25, -0.2) is 4.98 Å². The molecule has 0 aliphatic heterocycles. The summed E-state index contributed by atoms with van der Waals surface area (Å²) in [7, 11) is 0. The number of nitrogens with one attached hydrogen (secondary N) is 2. The van der Waals surface area contributed by atoms with E-state index in [0.29, 0.717) is 39.5 Å². The highest BCUT2D eigenvalue weighted by atomic mass is 35.5. The Hall–Kier alpha value is -3.30. The van der Waals surface area contributed by atoms with Crippen LogP contribution in [-0.4, -0.2) is 38.8 Å². The van der Waals surface area contributed by atoms with Gasteiger partial charge in [0.1, 0.15) is 5.82 Å². The van der Waals surface area contributed by atoms with Crippen molar-refractivity contribution < 1.29 is 9.72 Å². The molecule has 10 heteroatoms. The van der Waals surface area contributed by atoms with Crippen molar-refractivity contribution in [2.24, 2.45) is 0 Å². The second-order valence-corrected chi connectivity index (χ2v) is 7.17. The number of fused-ring (bicyclic) bond motifs is 1. The Labute approximate surface area is 176 Å². The highest BCUT2D eigenvalue weighted by Crippen LogP contribution is 2.25. The second-order valence-electron chi connectivity index (χ2n) is 6.73. The lowest BCUT2D eigenvalue weighted by Gasteiger charge is -2.19. The summed E-state index contributed by atoms with van der Waals surface area (Å²) < 4.78 is 0. The first kappa shape index (κ1) is 21.4. The van der Waals surface area contributed by atoms with Crippen LogP contribution < -0.4 is 10.9 Å². The molecule has 0 bridgehead atoms. The van der Waals surface area contributed by atoms with Crippen LogP contribution in [0.15, 0.2) is 41.2 Å². The van der Waals surface area contributed by atoms with E-state index in [1.54, 1.807) is 36.1 Å². The number of likely N-dealkylation sites (N-methyl/N-ethyl adjacent to an activating group) is 1. The first-order valence-corrected chi connectivity index (χ1v) is 9.61. The van der Waals surface area contributed by atoms with Crippen molar-refractivity contribution in [3.63, 3.8) is 0 Å². The van der Waals surface area contributed by atoms with Crippen LogP contribution in [0.1, 0.15) is 18.3 Å².